The Morgan fingerprint density at radius 3 is 3.00 bits per heavy atom. The first-order chi connectivity index (χ1) is 8.72. The summed E-state index contributed by atoms with van der Waals surface area (Å²) in [5.74, 6) is -0.812. The van der Waals surface area contributed by atoms with Crippen molar-refractivity contribution in [1.82, 2.24) is 5.16 Å². The van der Waals surface area contributed by atoms with Gasteiger partial charge in [-0.15, -0.1) is 0 Å². The third kappa shape index (κ3) is 2.76. The SMILES string of the molecule is CCOC(=O)c1cc(C(=O)C2CCCCO2)on1. The Morgan fingerprint density at radius 1 is 1.50 bits per heavy atom. The van der Waals surface area contributed by atoms with Crippen LogP contribution in [0.15, 0.2) is 10.6 Å². The van der Waals surface area contributed by atoms with Gasteiger partial charge in [0.15, 0.2) is 5.69 Å². The summed E-state index contributed by atoms with van der Waals surface area (Å²) < 4.78 is 15.0. The molecule has 1 unspecified atom stereocenters. The van der Waals surface area contributed by atoms with Gasteiger partial charge in [0.05, 0.1) is 6.61 Å². The lowest BCUT2D eigenvalue weighted by molar-refractivity contribution is 0.0163. The smallest absolute Gasteiger partial charge is 0.360 e. The standard InChI is InChI=1S/C12H15NO5/c1-2-16-12(15)8-7-10(18-13-8)11(14)9-5-3-4-6-17-9/h7,9H,2-6H2,1H3. The molecule has 98 valence electrons. The number of carbonyl (C=O) groups excluding carboxylic acids is 2. The Kier molecular flexibility index (Phi) is 4.09. The van der Waals surface area contributed by atoms with E-state index in [-0.39, 0.29) is 23.8 Å². The number of nitrogens with zero attached hydrogens (tertiary/aromatic N) is 1. The molecule has 6 nitrogen and oxygen atoms in total. The summed E-state index contributed by atoms with van der Waals surface area (Å²) in [6.45, 7) is 2.52. The Hall–Kier alpha value is -1.69. The molecule has 0 aromatic carbocycles. The van der Waals surface area contributed by atoms with E-state index >= 15 is 0 Å². The average molecular weight is 253 g/mol. The van der Waals surface area contributed by atoms with Crippen LogP contribution >= 0.6 is 0 Å². The van der Waals surface area contributed by atoms with Gasteiger partial charge in [0.1, 0.15) is 6.10 Å². The minimum Gasteiger partial charge on any atom is -0.461 e. The van der Waals surface area contributed by atoms with Gasteiger partial charge in [-0.3, -0.25) is 4.79 Å². The Morgan fingerprint density at radius 2 is 2.33 bits per heavy atom. The predicted octanol–water partition coefficient (Wildman–Crippen LogP) is 1.60. The molecule has 0 bridgehead atoms. The number of ether oxygens (including phenoxy) is 2. The van der Waals surface area contributed by atoms with Crippen molar-refractivity contribution in [3.8, 4) is 0 Å². The zero-order valence-corrected chi connectivity index (χ0v) is 10.2. The maximum Gasteiger partial charge on any atom is 0.360 e. The van der Waals surface area contributed by atoms with Crippen LogP contribution in [0.25, 0.3) is 0 Å². The van der Waals surface area contributed by atoms with Crippen LogP contribution in [0.5, 0.6) is 0 Å². The van der Waals surface area contributed by atoms with Crippen LogP contribution in [0.1, 0.15) is 47.2 Å². The van der Waals surface area contributed by atoms with Gasteiger partial charge in [0, 0.05) is 12.7 Å². The largest absolute Gasteiger partial charge is 0.461 e. The molecule has 0 amide bonds. The lowest BCUT2D eigenvalue weighted by atomic mass is 10.0. The van der Waals surface area contributed by atoms with E-state index < -0.39 is 12.1 Å². The first-order valence-corrected chi connectivity index (χ1v) is 6.02. The third-order valence-electron chi connectivity index (χ3n) is 2.71. The summed E-state index contributed by atoms with van der Waals surface area (Å²) in [4.78, 5) is 23.4. The van der Waals surface area contributed by atoms with Gasteiger partial charge in [0.2, 0.25) is 11.5 Å². The highest BCUT2D eigenvalue weighted by Gasteiger charge is 2.27. The highest BCUT2D eigenvalue weighted by Crippen LogP contribution is 2.18. The van der Waals surface area contributed by atoms with Crippen molar-refractivity contribution in [1.29, 1.82) is 0 Å². The second-order valence-electron chi connectivity index (χ2n) is 4.02. The number of esters is 1. The van der Waals surface area contributed by atoms with Crippen molar-refractivity contribution >= 4 is 11.8 Å². The van der Waals surface area contributed by atoms with Crippen LogP contribution in [-0.4, -0.2) is 36.2 Å². The van der Waals surface area contributed by atoms with E-state index in [0.29, 0.717) is 13.0 Å². The van der Waals surface area contributed by atoms with Crippen molar-refractivity contribution in [2.75, 3.05) is 13.2 Å². The lowest BCUT2D eigenvalue weighted by Crippen LogP contribution is -2.27. The number of hydrogen-bond acceptors (Lipinski definition) is 6. The quantitative estimate of drug-likeness (QED) is 0.599. The van der Waals surface area contributed by atoms with Crippen LogP contribution in [-0.2, 0) is 9.47 Å². The molecule has 2 rings (SSSR count). The minimum absolute atomic E-state index is 0.0102. The van der Waals surface area contributed by atoms with Crippen LogP contribution in [0, 0.1) is 0 Å². The zero-order chi connectivity index (χ0) is 13.0. The van der Waals surface area contributed by atoms with Crippen molar-refractivity contribution < 1.29 is 23.6 Å². The fourth-order valence-electron chi connectivity index (χ4n) is 1.80. The summed E-state index contributed by atoms with van der Waals surface area (Å²) >= 11 is 0. The van der Waals surface area contributed by atoms with E-state index in [1.807, 2.05) is 0 Å². The first kappa shape index (κ1) is 12.8. The Bertz CT molecular complexity index is 433. The van der Waals surface area contributed by atoms with E-state index in [1.165, 1.54) is 6.07 Å². The second kappa shape index (κ2) is 5.77. The van der Waals surface area contributed by atoms with Crippen molar-refractivity contribution in [3.63, 3.8) is 0 Å². The van der Waals surface area contributed by atoms with Gasteiger partial charge < -0.3 is 14.0 Å². The number of ketones is 1. The van der Waals surface area contributed by atoms with Crippen LogP contribution in [0.2, 0.25) is 0 Å². The molecule has 1 atom stereocenters. The fraction of sp³-hybridized carbons (Fsp3) is 0.583. The Balaban J connectivity index is 2.04. The van der Waals surface area contributed by atoms with E-state index in [9.17, 15) is 9.59 Å². The molecule has 1 aromatic rings. The van der Waals surface area contributed by atoms with Gasteiger partial charge in [-0.1, -0.05) is 5.16 Å². The molecule has 1 aliphatic heterocycles. The van der Waals surface area contributed by atoms with E-state index in [2.05, 4.69) is 5.16 Å². The normalized spacial score (nSPS) is 19.5. The molecule has 0 N–H and O–H groups in total. The number of aromatic nitrogens is 1. The van der Waals surface area contributed by atoms with Gasteiger partial charge in [-0.05, 0) is 26.2 Å². The zero-order valence-electron chi connectivity index (χ0n) is 10.2. The monoisotopic (exact) mass is 253 g/mol. The second-order valence-corrected chi connectivity index (χ2v) is 4.02. The van der Waals surface area contributed by atoms with Gasteiger partial charge in [-0.2, -0.15) is 0 Å². The summed E-state index contributed by atoms with van der Waals surface area (Å²) in [6.07, 6.45) is 2.11. The van der Waals surface area contributed by atoms with Crippen molar-refractivity contribution in [2.24, 2.45) is 0 Å². The summed E-state index contributed by atoms with van der Waals surface area (Å²) in [6, 6.07) is 1.30. The topological polar surface area (TPSA) is 78.6 Å². The molecule has 18 heavy (non-hydrogen) atoms. The predicted molar refractivity (Wildman–Crippen MR) is 60.4 cm³/mol. The van der Waals surface area contributed by atoms with Crippen LogP contribution < -0.4 is 0 Å². The van der Waals surface area contributed by atoms with Crippen LogP contribution in [0.4, 0.5) is 0 Å². The van der Waals surface area contributed by atoms with Gasteiger partial charge in [-0.25, -0.2) is 4.79 Å². The molecule has 0 aliphatic carbocycles. The van der Waals surface area contributed by atoms with E-state index in [1.54, 1.807) is 6.92 Å². The maximum absolute atomic E-state index is 12.0. The molecule has 0 radical (unpaired) electrons. The van der Waals surface area contributed by atoms with E-state index in [4.69, 9.17) is 14.0 Å². The molecular weight excluding hydrogens is 238 g/mol. The highest BCUT2D eigenvalue weighted by atomic mass is 16.5. The molecule has 1 saturated heterocycles. The maximum atomic E-state index is 12.0. The molecule has 0 spiro atoms. The fourth-order valence-corrected chi connectivity index (χ4v) is 1.80. The minimum atomic E-state index is -0.593. The number of Topliss-reactive ketones (excluding diaryl/α,β-unsaturated/α-hetero) is 1. The highest BCUT2D eigenvalue weighted by molar-refractivity contribution is 5.99. The average Bonchev–Trinajstić information content (AvgIpc) is 2.89. The Labute approximate surface area is 104 Å². The van der Waals surface area contributed by atoms with Crippen molar-refractivity contribution in [2.45, 2.75) is 32.3 Å². The van der Waals surface area contributed by atoms with Gasteiger partial charge in [0.25, 0.3) is 0 Å². The van der Waals surface area contributed by atoms with Crippen molar-refractivity contribution in [3.05, 3.63) is 17.5 Å². The first-order valence-electron chi connectivity index (χ1n) is 6.02. The number of carbonyl (C=O) groups is 2. The van der Waals surface area contributed by atoms with E-state index in [0.717, 1.165) is 12.8 Å². The summed E-state index contributed by atoms with van der Waals surface area (Å²) in [5.41, 5.74) is 0.0102. The third-order valence-corrected chi connectivity index (χ3v) is 2.71. The lowest BCUT2D eigenvalue weighted by Gasteiger charge is -2.19. The molecule has 6 heteroatoms. The van der Waals surface area contributed by atoms with Gasteiger partial charge >= 0.3 is 5.97 Å². The number of hydrogen-bond donors (Lipinski definition) is 0. The molecule has 1 fully saturated rings. The van der Waals surface area contributed by atoms with Crippen LogP contribution in [0.3, 0.4) is 0 Å². The molecule has 1 aliphatic rings. The molecule has 0 saturated carbocycles. The summed E-state index contributed by atoms with van der Waals surface area (Å²) in [7, 11) is 0. The number of rotatable bonds is 4. The molecular formula is C12H15NO5. The summed E-state index contributed by atoms with van der Waals surface area (Å²) in [5, 5.41) is 3.52. The molecule has 2 heterocycles. The molecule has 1 aromatic heterocycles.